The largest absolute Gasteiger partial charge is 0.693 e. The van der Waals surface area contributed by atoms with Crippen LogP contribution in [-0.4, -0.2) is 19.1 Å². The first-order valence-corrected chi connectivity index (χ1v) is 8.03. The van der Waals surface area contributed by atoms with Gasteiger partial charge >= 0.3 is 0 Å². The molecule has 1 radical (unpaired) electrons. The van der Waals surface area contributed by atoms with Crippen molar-refractivity contribution in [3.05, 3.63) is 60.0 Å². The van der Waals surface area contributed by atoms with Crippen LogP contribution < -0.4 is 4.90 Å². The second-order valence-electron chi connectivity index (χ2n) is 5.33. The van der Waals surface area contributed by atoms with Crippen LogP contribution in [0.5, 0.6) is 0 Å². The summed E-state index contributed by atoms with van der Waals surface area (Å²) in [5, 5.41) is 4.63. The fourth-order valence-corrected chi connectivity index (χ4v) is 4.18. The topological polar surface area (TPSA) is 50.8 Å². The number of benzene rings is 2. The van der Waals surface area contributed by atoms with E-state index >= 15 is 0 Å². The molecule has 2 aliphatic rings. The Labute approximate surface area is 161 Å². The van der Waals surface area contributed by atoms with E-state index in [2.05, 4.69) is 58.7 Å². The van der Waals surface area contributed by atoms with Gasteiger partial charge in [-0.2, -0.15) is 0 Å². The van der Waals surface area contributed by atoms with E-state index in [-0.39, 0.29) is 38.9 Å². The number of para-hydroxylation sites is 2. The fourth-order valence-electron chi connectivity index (χ4n) is 3.11. The van der Waals surface area contributed by atoms with Crippen LogP contribution in [0.15, 0.2) is 58.3 Å². The fraction of sp³-hybridized carbons (Fsp3) is 0.294. The van der Waals surface area contributed by atoms with Crippen molar-refractivity contribution in [3.8, 4) is 0 Å². The molecular formula is C17H19N3SY-2. The van der Waals surface area contributed by atoms with E-state index in [4.69, 9.17) is 0 Å². The van der Waals surface area contributed by atoms with Gasteiger partial charge in [-0.05, 0) is 30.7 Å². The summed E-state index contributed by atoms with van der Waals surface area (Å²) in [4.78, 5) is 5.23. The van der Waals surface area contributed by atoms with Gasteiger partial charge in [-0.25, -0.2) is 0 Å². The van der Waals surface area contributed by atoms with Crippen LogP contribution in [0.4, 0.5) is 11.4 Å². The molecule has 113 valence electrons. The molecule has 1 fully saturated rings. The average molecular weight is 386 g/mol. The zero-order valence-electron chi connectivity index (χ0n) is 12.5. The molecule has 2 aromatic rings. The molecule has 0 bridgehead atoms. The van der Waals surface area contributed by atoms with Crippen LogP contribution >= 0.6 is 11.8 Å². The predicted octanol–water partition coefficient (Wildman–Crippen LogP) is 5.54. The SMILES string of the molecule is [NH2-].[Y].c1ccc2c(c1)Sc1ccccc1N2C1CCC[N-]C1. The van der Waals surface area contributed by atoms with E-state index in [1.807, 2.05) is 11.8 Å². The molecule has 3 nitrogen and oxygen atoms in total. The van der Waals surface area contributed by atoms with Crippen molar-refractivity contribution in [2.24, 2.45) is 0 Å². The molecule has 4 rings (SSSR count). The Hall–Kier alpha value is -0.386. The standard InChI is InChI=1S/C17H17N2S.H2N.Y/c1-3-9-16-14(7-1)19(13-6-5-11-18-12-13)15-8-2-4-10-17(15)20-16;;/h1-4,7-10,13H,5-6,11-12H2;1H2;/q2*-1;. The van der Waals surface area contributed by atoms with Crippen molar-refractivity contribution in [2.45, 2.75) is 28.7 Å². The normalized spacial score (nSPS) is 19.3. The molecule has 2 heterocycles. The minimum absolute atomic E-state index is 0. The molecule has 2 aliphatic heterocycles. The Morgan fingerprint density at radius 3 is 2.09 bits per heavy atom. The van der Waals surface area contributed by atoms with E-state index in [0.29, 0.717) is 6.04 Å². The van der Waals surface area contributed by atoms with Gasteiger partial charge in [0.1, 0.15) is 0 Å². The molecule has 0 spiro atoms. The van der Waals surface area contributed by atoms with Gasteiger partial charge in [0.15, 0.2) is 0 Å². The average Bonchev–Trinajstić information content (AvgIpc) is 2.53. The smallest absolute Gasteiger partial charge is 0.0554 e. The molecule has 0 amide bonds. The molecule has 0 aliphatic carbocycles. The third-order valence-corrected chi connectivity index (χ3v) is 5.16. The molecule has 22 heavy (non-hydrogen) atoms. The zero-order valence-corrected chi connectivity index (χ0v) is 16.1. The summed E-state index contributed by atoms with van der Waals surface area (Å²) < 4.78 is 0. The summed E-state index contributed by atoms with van der Waals surface area (Å²) in [5.41, 5.74) is 2.69. The van der Waals surface area contributed by atoms with Crippen LogP contribution in [0.3, 0.4) is 0 Å². The van der Waals surface area contributed by atoms with Gasteiger partial charge in [0.2, 0.25) is 0 Å². The van der Waals surface area contributed by atoms with Crippen molar-refractivity contribution in [3.63, 3.8) is 0 Å². The van der Waals surface area contributed by atoms with Crippen molar-refractivity contribution in [2.75, 3.05) is 18.0 Å². The number of piperidine rings is 1. The van der Waals surface area contributed by atoms with E-state index in [9.17, 15) is 0 Å². The number of hydrogen-bond acceptors (Lipinski definition) is 2. The Balaban J connectivity index is 0.000000882. The van der Waals surface area contributed by atoms with Crippen molar-refractivity contribution >= 4 is 23.1 Å². The number of rotatable bonds is 1. The van der Waals surface area contributed by atoms with Gasteiger partial charge in [-0.3, -0.25) is 0 Å². The molecular weight excluding hydrogens is 367 g/mol. The molecule has 0 saturated carbocycles. The maximum atomic E-state index is 4.63. The second-order valence-corrected chi connectivity index (χ2v) is 6.42. The molecule has 0 aromatic heterocycles. The summed E-state index contributed by atoms with van der Waals surface area (Å²) >= 11 is 1.88. The summed E-state index contributed by atoms with van der Waals surface area (Å²) in [6.07, 6.45) is 2.44. The second kappa shape index (κ2) is 7.93. The van der Waals surface area contributed by atoms with Gasteiger partial charge in [-0.1, -0.05) is 42.4 Å². The molecule has 1 saturated heterocycles. The van der Waals surface area contributed by atoms with Crippen molar-refractivity contribution in [1.82, 2.24) is 0 Å². The Kier molecular flexibility index (Phi) is 6.48. The third kappa shape index (κ3) is 3.27. The van der Waals surface area contributed by atoms with Gasteiger partial charge in [-0.15, -0.1) is 13.1 Å². The first-order valence-electron chi connectivity index (χ1n) is 7.22. The van der Waals surface area contributed by atoms with Crippen molar-refractivity contribution < 1.29 is 32.7 Å². The Morgan fingerprint density at radius 2 is 1.55 bits per heavy atom. The monoisotopic (exact) mass is 386 g/mol. The van der Waals surface area contributed by atoms with Gasteiger partial charge < -0.3 is 16.4 Å². The molecule has 2 aromatic carbocycles. The van der Waals surface area contributed by atoms with E-state index in [1.165, 1.54) is 34.0 Å². The van der Waals surface area contributed by atoms with Crippen LogP contribution in [-0.2, 0) is 32.7 Å². The number of hydrogen-bond donors (Lipinski definition) is 0. The third-order valence-electron chi connectivity index (χ3n) is 4.03. The molecule has 2 N–H and O–H groups in total. The van der Waals surface area contributed by atoms with E-state index < -0.39 is 0 Å². The van der Waals surface area contributed by atoms with E-state index in [0.717, 1.165) is 13.1 Å². The van der Waals surface area contributed by atoms with Gasteiger partial charge in [0.25, 0.3) is 0 Å². The number of nitrogens with two attached hydrogens (primary N) is 1. The van der Waals surface area contributed by atoms with Crippen LogP contribution in [0, 0.1) is 0 Å². The molecule has 1 unspecified atom stereocenters. The summed E-state index contributed by atoms with van der Waals surface area (Å²) in [7, 11) is 0. The maximum absolute atomic E-state index is 4.63. The first kappa shape index (κ1) is 18.0. The molecule has 1 atom stereocenters. The number of fused-ring (bicyclic) bond motifs is 2. The Bertz CT molecular complexity index is 583. The number of anilines is 2. The predicted molar refractivity (Wildman–Crippen MR) is 90.5 cm³/mol. The van der Waals surface area contributed by atoms with Gasteiger partial charge in [0, 0.05) is 48.5 Å². The number of nitrogens with zero attached hydrogens (tertiary/aromatic N) is 2. The summed E-state index contributed by atoms with van der Waals surface area (Å²) in [6, 6.07) is 18.0. The van der Waals surface area contributed by atoms with Crippen molar-refractivity contribution in [1.29, 1.82) is 0 Å². The van der Waals surface area contributed by atoms with Crippen LogP contribution in [0.2, 0.25) is 0 Å². The van der Waals surface area contributed by atoms with Crippen LogP contribution in [0.1, 0.15) is 12.8 Å². The zero-order chi connectivity index (χ0) is 13.4. The maximum Gasteiger partial charge on any atom is 0.0554 e. The Morgan fingerprint density at radius 1 is 0.955 bits per heavy atom. The molecule has 5 heteroatoms. The first-order chi connectivity index (χ1) is 9.93. The summed E-state index contributed by atoms with van der Waals surface area (Å²) in [5.74, 6) is 0. The minimum atomic E-state index is 0. The minimum Gasteiger partial charge on any atom is -0.693 e. The quantitative estimate of drug-likeness (QED) is 0.646. The van der Waals surface area contributed by atoms with Crippen LogP contribution in [0.25, 0.3) is 11.5 Å². The summed E-state index contributed by atoms with van der Waals surface area (Å²) in [6.45, 7) is 1.98. The van der Waals surface area contributed by atoms with Gasteiger partial charge in [0.05, 0.1) is 11.4 Å². The van der Waals surface area contributed by atoms with E-state index in [1.54, 1.807) is 0 Å².